The van der Waals surface area contributed by atoms with Crippen LogP contribution in [-0.4, -0.2) is 23.8 Å². The molecular formula is C13H27NO. The van der Waals surface area contributed by atoms with Crippen LogP contribution in [0, 0.1) is 5.92 Å². The lowest BCUT2D eigenvalue weighted by atomic mass is 9.96. The van der Waals surface area contributed by atoms with Crippen molar-refractivity contribution in [2.45, 2.75) is 64.3 Å². The highest BCUT2D eigenvalue weighted by molar-refractivity contribution is 5.01. The summed E-state index contributed by atoms with van der Waals surface area (Å²) < 4.78 is 0. The van der Waals surface area contributed by atoms with Crippen LogP contribution in [0.1, 0.15) is 58.8 Å². The minimum Gasteiger partial charge on any atom is -0.394 e. The van der Waals surface area contributed by atoms with E-state index in [0.29, 0.717) is 6.61 Å². The second kappa shape index (κ2) is 6.49. The fourth-order valence-electron chi connectivity index (χ4n) is 2.13. The lowest BCUT2D eigenvalue weighted by Gasteiger charge is -2.18. The van der Waals surface area contributed by atoms with Crippen molar-refractivity contribution in [3.05, 3.63) is 0 Å². The van der Waals surface area contributed by atoms with Crippen LogP contribution in [0.15, 0.2) is 0 Å². The average Bonchev–Trinajstić information content (AvgIpc) is 3.04. The minimum atomic E-state index is 0.128. The normalized spacial score (nSPS) is 20.2. The summed E-state index contributed by atoms with van der Waals surface area (Å²) in [6, 6.07) is 0. The Bertz CT molecular complexity index is 166. The highest BCUT2D eigenvalue weighted by Gasteiger charge is 2.41. The summed E-state index contributed by atoms with van der Waals surface area (Å²) in [5.74, 6) is 0.881. The topological polar surface area (TPSA) is 32.3 Å². The number of aliphatic hydroxyl groups is 1. The molecule has 2 nitrogen and oxygen atoms in total. The van der Waals surface area contributed by atoms with Crippen LogP contribution in [0.25, 0.3) is 0 Å². The average molecular weight is 213 g/mol. The fourth-order valence-corrected chi connectivity index (χ4v) is 2.13. The zero-order valence-electron chi connectivity index (χ0n) is 10.4. The van der Waals surface area contributed by atoms with E-state index in [1.54, 1.807) is 0 Å². The van der Waals surface area contributed by atoms with Gasteiger partial charge in [0.25, 0.3) is 0 Å². The van der Waals surface area contributed by atoms with Crippen LogP contribution < -0.4 is 5.32 Å². The first-order chi connectivity index (χ1) is 7.26. The number of nitrogens with one attached hydrogen (secondary N) is 1. The van der Waals surface area contributed by atoms with Crippen LogP contribution in [0.5, 0.6) is 0 Å². The molecule has 90 valence electrons. The first-order valence-electron chi connectivity index (χ1n) is 6.62. The predicted molar refractivity (Wildman–Crippen MR) is 65.0 cm³/mol. The Morgan fingerprint density at radius 1 is 1.27 bits per heavy atom. The van der Waals surface area contributed by atoms with Gasteiger partial charge in [0.2, 0.25) is 0 Å². The molecule has 0 bridgehead atoms. The molecule has 0 aromatic carbocycles. The van der Waals surface area contributed by atoms with Crippen LogP contribution in [0.3, 0.4) is 0 Å². The summed E-state index contributed by atoms with van der Waals surface area (Å²) >= 11 is 0. The van der Waals surface area contributed by atoms with E-state index in [9.17, 15) is 0 Å². The molecule has 1 atom stereocenters. The molecule has 1 aliphatic rings. The monoisotopic (exact) mass is 213 g/mol. The highest BCUT2D eigenvalue weighted by Crippen LogP contribution is 2.34. The van der Waals surface area contributed by atoms with Gasteiger partial charge in [-0.05, 0) is 31.7 Å². The third kappa shape index (κ3) is 4.52. The van der Waals surface area contributed by atoms with Crippen molar-refractivity contribution in [2.24, 2.45) is 5.92 Å². The van der Waals surface area contributed by atoms with Crippen molar-refractivity contribution in [3.8, 4) is 0 Å². The molecule has 1 rings (SSSR count). The van der Waals surface area contributed by atoms with Gasteiger partial charge in [-0.15, -0.1) is 0 Å². The van der Waals surface area contributed by atoms with Gasteiger partial charge < -0.3 is 10.4 Å². The molecule has 0 aliphatic heterocycles. The quantitative estimate of drug-likeness (QED) is 0.617. The van der Waals surface area contributed by atoms with E-state index in [0.717, 1.165) is 25.3 Å². The third-order valence-electron chi connectivity index (χ3n) is 3.75. The fraction of sp³-hybridized carbons (Fsp3) is 1.00. The maximum atomic E-state index is 9.16. The summed E-state index contributed by atoms with van der Waals surface area (Å²) in [7, 11) is 0. The van der Waals surface area contributed by atoms with E-state index < -0.39 is 0 Å². The Kier molecular flexibility index (Phi) is 5.62. The number of rotatable bonds is 9. The Morgan fingerprint density at radius 2 is 2.00 bits per heavy atom. The van der Waals surface area contributed by atoms with E-state index in [2.05, 4.69) is 19.2 Å². The molecule has 0 spiro atoms. The molecule has 1 fully saturated rings. The van der Waals surface area contributed by atoms with Gasteiger partial charge in [-0.3, -0.25) is 0 Å². The Morgan fingerprint density at radius 3 is 2.47 bits per heavy atom. The molecule has 0 aromatic heterocycles. The molecule has 0 radical (unpaired) electrons. The van der Waals surface area contributed by atoms with E-state index >= 15 is 0 Å². The zero-order valence-corrected chi connectivity index (χ0v) is 10.4. The summed E-state index contributed by atoms with van der Waals surface area (Å²) in [6.45, 7) is 5.96. The molecule has 0 saturated heterocycles. The van der Waals surface area contributed by atoms with Crippen LogP contribution in [-0.2, 0) is 0 Å². The van der Waals surface area contributed by atoms with Crippen molar-refractivity contribution in [3.63, 3.8) is 0 Å². The van der Waals surface area contributed by atoms with Crippen LogP contribution in [0.4, 0.5) is 0 Å². The smallest absolute Gasteiger partial charge is 0.0613 e. The Labute approximate surface area is 94.5 Å². The minimum absolute atomic E-state index is 0.128. The van der Waals surface area contributed by atoms with Gasteiger partial charge in [-0.1, -0.05) is 39.5 Å². The van der Waals surface area contributed by atoms with Crippen molar-refractivity contribution in [1.29, 1.82) is 0 Å². The van der Waals surface area contributed by atoms with Crippen LogP contribution in [0.2, 0.25) is 0 Å². The van der Waals surface area contributed by atoms with Gasteiger partial charge in [0, 0.05) is 5.54 Å². The van der Waals surface area contributed by atoms with E-state index in [-0.39, 0.29) is 5.54 Å². The summed E-state index contributed by atoms with van der Waals surface area (Å²) in [4.78, 5) is 0. The van der Waals surface area contributed by atoms with Crippen molar-refractivity contribution in [1.82, 2.24) is 5.32 Å². The zero-order chi connectivity index (χ0) is 11.1. The molecule has 15 heavy (non-hydrogen) atoms. The molecule has 1 unspecified atom stereocenters. The first-order valence-corrected chi connectivity index (χ1v) is 6.62. The SMILES string of the molecule is CCCCC(CC)CCNC1(CO)CC1. The predicted octanol–water partition coefficient (Wildman–Crippen LogP) is 2.71. The first kappa shape index (κ1) is 13.0. The van der Waals surface area contributed by atoms with E-state index in [1.165, 1.54) is 32.1 Å². The van der Waals surface area contributed by atoms with Crippen molar-refractivity contribution >= 4 is 0 Å². The lowest BCUT2D eigenvalue weighted by Crippen LogP contribution is -2.36. The van der Waals surface area contributed by atoms with Gasteiger partial charge >= 0.3 is 0 Å². The Hall–Kier alpha value is -0.0800. The van der Waals surface area contributed by atoms with Crippen LogP contribution >= 0.6 is 0 Å². The van der Waals surface area contributed by atoms with Crippen molar-refractivity contribution in [2.75, 3.05) is 13.2 Å². The molecule has 1 saturated carbocycles. The standard InChI is InChI=1S/C13H27NO/c1-3-5-6-12(4-2)7-10-14-13(11-15)8-9-13/h12,14-15H,3-11H2,1-2H3. The molecule has 2 heteroatoms. The molecule has 2 N–H and O–H groups in total. The van der Waals surface area contributed by atoms with Gasteiger partial charge in [0.1, 0.15) is 0 Å². The maximum Gasteiger partial charge on any atom is 0.0613 e. The number of hydrogen-bond acceptors (Lipinski definition) is 2. The lowest BCUT2D eigenvalue weighted by molar-refractivity contribution is 0.227. The van der Waals surface area contributed by atoms with E-state index in [4.69, 9.17) is 5.11 Å². The summed E-state index contributed by atoms with van der Waals surface area (Å²) in [6.07, 6.45) is 8.95. The highest BCUT2D eigenvalue weighted by atomic mass is 16.3. The molecule has 0 amide bonds. The van der Waals surface area contributed by atoms with E-state index in [1.807, 2.05) is 0 Å². The second-order valence-electron chi connectivity index (χ2n) is 5.07. The molecule has 0 aromatic rings. The molecular weight excluding hydrogens is 186 g/mol. The van der Waals surface area contributed by atoms with Gasteiger partial charge in [0.05, 0.1) is 6.61 Å². The summed E-state index contributed by atoms with van der Waals surface area (Å²) in [5, 5.41) is 12.7. The largest absolute Gasteiger partial charge is 0.394 e. The Balaban J connectivity index is 2.06. The third-order valence-corrected chi connectivity index (χ3v) is 3.75. The van der Waals surface area contributed by atoms with Gasteiger partial charge in [0.15, 0.2) is 0 Å². The molecule has 1 aliphatic carbocycles. The number of unbranched alkanes of at least 4 members (excludes halogenated alkanes) is 1. The van der Waals surface area contributed by atoms with Gasteiger partial charge in [-0.2, -0.15) is 0 Å². The second-order valence-corrected chi connectivity index (χ2v) is 5.07. The number of hydrogen-bond donors (Lipinski definition) is 2. The molecule has 0 heterocycles. The van der Waals surface area contributed by atoms with Gasteiger partial charge in [-0.25, -0.2) is 0 Å². The van der Waals surface area contributed by atoms with Crippen molar-refractivity contribution < 1.29 is 5.11 Å². The summed E-state index contributed by atoms with van der Waals surface area (Å²) in [5.41, 5.74) is 0.128. The number of aliphatic hydroxyl groups excluding tert-OH is 1. The maximum absolute atomic E-state index is 9.16.